The zero-order valence-electron chi connectivity index (χ0n) is 22.4. The Balaban J connectivity index is 0.000000366. The number of hydrogen-bond acceptors (Lipinski definition) is 9. The lowest BCUT2D eigenvalue weighted by Gasteiger charge is -2.22. The third kappa shape index (κ3) is 11.6. The minimum absolute atomic E-state index is 0.640. The van der Waals surface area contributed by atoms with Gasteiger partial charge >= 0.3 is 17.9 Å². The van der Waals surface area contributed by atoms with Gasteiger partial charge in [0.15, 0.2) is 5.60 Å². The zero-order valence-corrected chi connectivity index (χ0v) is 22.4. The minimum Gasteiger partial charge on any atom is -0.481 e. The lowest BCUT2D eigenvalue weighted by atomic mass is 9.96. The summed E-state index contributed by atoms with van der Waals surface area (Å²) in [4.78, 5) is 45.9. The van der Waals surface area contributed by atoms with Gasteiger partial charge in [-0.05, 0) is 30.2 Å². The topological polar surface area (TPSA) is 183 Å². The Kier molecular flexibility index (Phi) is 12.8. The molecule has 0 atom stereocenters. The highest BCUT2D eigenvalue weighted by atomic mass is 16.5. The summed E-state index contributed by atoms with van der Waals surface area (Å²) in [6.45, 7) is 5.26. The van der Waals surface area contributed by atoms with Crippen molar-refractivity contribution < 1.29 is 39.5 Å². The van der Waals surface area contributed by atoms with E-state index < -0.39 is 36.4 Å². The average molecular weight is 555 g/mol. The van der Waals surface area contributed by atoms with Gasteiger partial charge in [-0.1, -0.05) is 29.8 Å². The Labute approximate surface area is 231 Å². The van der Waals surface area contributed by atoms with E-state index in [1.165, 1.54) is 16.7 Å². The van der Waals surface area contributed by atoms with Crippen molar-refractivity contribution in [2.24, 2.45) is 0 Å². The van der Waals surface area contributed by atoms with Crippen LogP contribution in [0.2, 0.25) is 0 Å². The van der Waals surface area contributed by atoms with Crippen molar-refractivity contribution in [3.8, 4) is 0 Å². The van der Waals surface area contributed by atoms with Crippen molar-refractivity contribution in [3.63, 3.8) is 0 Å². The van der Waals surface area contributed by atoms with Gasteiger partial charge in [0.2, 0.25) is 0 Å². The van der Waals surface area contributed by atoms with Crippen LogP contribution in [-0.2, 0) is 45.2 Å². The SMILES string of the molecule is COCCc1ncc(CN(Cc2ccncc2)Cc2ccc(C)cc2)cn1.O=C(O)CC(O)(CC(=O)O)C(=O)O. The van der Waals surface area contributed by atoms with Crippen LogP contribution in [-0.4, -0.2) is 77.5 Å². The van der Waals surface area contributed by atoms with E-state index in [0.717, 1.165) is 37.4 Å². The van der Waals surface area contributed by atoms with E-state index in [0.29, 0.717) is 6.61 Å². The normalized spacial score (nSPS) is 11.0. The molecule has 40 heavy (non-hydrogen) atoms. The van der Waals surface area contributed by atoms with Crippen molar-refractivity contribution in [1.82, 2.24) is 19.9 Å². The molecule has 2 aromatic heterocycles. The van der Waals surface area contributed by atoms with Gasteiger partial charge in [-0.15, -0.1) is 0 Å². The van der Waals surface area contributed by atoms with E-state index in [1.54, 1.807) is 7.11 Å². The highest BCUT2D eigenvalue weighted by Gasteiger charge is 2.40. The van der Waals surface area contributed by atoms with Gasteiger partial charge in [0.05, 0.1) is 19.4 Å². The number of aryl methyl sites for hydroxylation is 1. The molecule has 214 valence electrons. The van der Waals surface area contributed by atoms with E-state index in [2.05, 4.69) is 63.2 Å². The monoisotopic (exact) mass is 554 g/mol. The lowest BCUT2D eigenvalue weighted by Crippen LogP contribution is -2.42. The van der Waals surface area contributed by atoms with Crippen LogP contribution in [0.1, 0.15) is 40.9 Å². The number of pyridine rings is 1. The molecule has 1 aromatic carbocycles. The number of methoxy groups -OCH3 is 1. The highest BCUT2D eigenvalue weighted by molar-refractivity contribution is 5.88. The summed E-state index contributed by atoms with van der Waals surface area (Å²) in [7, 11) is 1.69. The molecule has 3 rings (SSSR count). The van der Waals surface area contributed by atoms with Gasteiger partial charge in [-0.2, -0.15) is 0 Å². The van der Waals surface area contributed by atoms with Gasteiger partial charge in [0.1, 0.15) is 5.82 Å². The van der Waals surface area contributed by atoms with Crippen LogP contribution in [0.25, 0.3) is 0 Å². The van der Waals surface area contributed by atoms with Gasteiger partial charge in [0.25, 0.3) is 0 Å². The van der Waals surface area contributed by atoms with E-state index in [-0.39, 0.29) is 0 Å². The average Bonchev–Trinajstić information content (AvgIpc) is 2.89. The molecule has 12 nitrogen and oxygen atoms in total. The van der Waals surface area contributed by atoms with Crippen LogP contribution in [0.15, 0.2) is 61.2 Å². The third-order valence-corrected chi connectivity index (χ3v) is 5.66. The molecule has 2 heterocycles. The van der Waals surface area contributed by atoms with Gasteiger partial charge in [-0.25, -0.2) is 14.8 Å². The second-order valence-electron chi connectivity index (χ2n) is 9.21. The molecule has 12 heteroatoms. The standard InChI is InChI=1S/C22H26N4O.C6H8O7/c1-18-3-5-19(6-4-18)15-26(16-20-7-10-23-11-8-20)17-21-13-24-22(25-14-21)9-12-27-2;7-3(8)1-6(13,5(11)12)2-4(9)10/h3-8,10-11,13-14H,9,12,15-17H2,1-2H3;13H,1-2H2,(H,7,8)(H,9,10)(H,11,12). The molecule has 4 N–H and O–H groups in total. The highest BCUT2D eigenvalue weighted by Crippen LogP contribution is 2.16. The number of aromatic nitrogens is 3. The molecule has 0 saturated heterocycles. The Morgan fingerprint density at radius 3 is 1.80 bits per heavy atom. The number of carboxylic acids is 3. The zero-order chi connectivity index (χ0) is 29.5. The Morgan fingerprint density at radius 1 is 0.825 bits per heavy atom. The van der Waals surface area contributed by atoms with E-state index in [9.17, 15) is 14.4 Å². The first-order chi connectivity index (χ1) is 19.0. The number of rotatable bonds is 14. The summed E-state index contributed by atoms with van der Waals surface area (Å²) < 4.78 is 5.09. The molecule has 0 saturated carbocycles. The minimum atomic E-state index is -2.74. The van der Waals surface area contributed by atoms with Crippen molar-refractivity contribution in [1.29, 1.82) is 0 Å². The van der Waals surface area contributed by atoms with E-state index >= 15 is 0 Å². The summed E-state index contributed by atoms with van der Waals surface area (Å²) >= 11 is 0. The molecule has 0 unspecified atom stereocenters. The molecule has 0 fully saturated rings. The van der Waals surface area contributed by atoms with Gasteiger partial charge < -0.3 is 25.2 Å². The number of ether oxygens (including phenoxy) is 1. The second-order valence-corrected chi connectivity index (χ2v) is 9.21. The van der Waals surface area contributed by atoms with Crippen LogP contribution in [0.5, 0.6) is 0 Å². The molecule has 0 spiro atoms. The number of carboxylic acid groups (broad SMARTS) is 3. The lowest BCUT2D eigenvalue weighted by molar-refractivity contribution is -0.170. The van der Waals surface area contributed by atoms with Crippen LogP contribution in [0, 0.1) is 6.92 Å². The summed E-state index contributed by atoms with van der Waals surface area (Å²) in [5.41, 5.74) is 2.19. The van der Waals surface area contributed by atoms with E-state index in [1.807, 2.05) is 24.8 Å². The molecule has 0 amide bonds. The van der Waals surface area contributed by atoms with Gasteiger partial charge in [0, 0.05) is 63.5 Å². The van der Waals surface area contributed by atoms with E-state index in [4.69, 9.17) is 25.2 Å². The van der Waals surface area contributed by atoms with Gasteiger partial charge in [-0.3, -0.25) is 19.5 Å². The molecular weight excluding hydrogens is 520 g/mol. The van der Waals surface area contributed by atoms with Crippen LogP contribution >= 0.6 is 0 Å². The fourth-order valence-corrected chi connectivity index (χ4v) is 3.62. The third-order valence-electron chi connectivity index (χ3n) is 5.66. The predicted molar refractivity (Wildman–Crippen MR) is 143 cm³/mol. The number of benzene rings is 1. The molecule has 0 radical (unpaired) electrons. The van der Waals surface area contributed by atoms with Crippen LogP contribution < -0.4 is 0 Å². The summed E-state index contributed by atoms with van der Waals surface area (Å²) in [5, 5.41) is 33.8. The molecule has 0 aliphatic carbocycles. The second kappa shape index (κ2) is 16.0. The number of aliphatic hydroxyl groups is 1. The molecule has 3 aromatic rings. The maximum Gasteiger partial charge on any atom is 0.336 e. The quantitative estimate of drug-likeness (QED) is 0.228. The Bertz CT molecular complexity index is 1210. The molecule has 0 aliphatic rings. The largest absolute Gasteiger partial charge is 0.481 e. The van der Waals surface area contributed by atoms with Crippen molar-refractivity contribution >= 4 is 17.9 Å². The van der Waals surface area contributed by atoms with Crippen LogP contribution in [0.4, 0.5) is 0 Å². The number of hydrogen-bond donors (Lipinski definition) is 4. The molecule has 0 aliphatic heterocycles. The summed E-state index contributed by atoms with van der Waals surface area (Å²) in [5.74, 6) is -4.20. The maximum absolute atomic E-state index is 10.3. The maximum atomic E-state index is 10.3. The fraction of sp³-hybridized carbons (Fsp3) is 0.357. The van der Waals surface area contributed by atoms with Crippen molar-refractivity contribution in [2.75, 3.05) is 13.7 Å². The summed E-state index contributed by atoms with van der Waals surface area (Å²) in [6.07, 6.45) is 5.98. The first-order valence-corrected chi connectivity index (χ1v) is 12.4. The Morgan fingerprint density at radius 2 is 1.32 bits per heavy atom. The summed E-state index contributed by atoms with van der Waals surface area (Å²) in [6, 6.07) is 12.8. The predicted octanol–water partition coefficient (Wildman–Crippen LogP) is 2.32. The Hall–Kier alpha value is -4.26. The van der Waals surface area contributed by atoms with Crippen molar-refractivity contribution in [3.05, 3.63) is 89.3 Å². The smallest absolute Gasteiger partial charge is 0.336 e. The first-order valence-electron chi connectivity index (χ1n) is 12.4. The molecular formula is C28H34N4O8. The fourth-order valence-electron chi connectivity index (χ4n) is 3.62. The van der Waals surface area contributed by atoms with Crippen LogP contribution in [0.3, 0.4) is 0 Å². The number of nitrogens with zero attached hydrogens (tertiary/aromatic N) is 4. The van der Waals surface area contributed by atoms with Crippen molar-refractivity contribution in [2.45, 2.75) is 51.4 Å². The number of aliphatic carboxylic acids is 3. The molecule has 0 bridgehead atoms. The number of carbonyl (C=O) groups is 3. The first kappa shape index (κ1) is 32.0.